The van der Waals surface area contributed by atoms with E-state index in [-0.39, 0.29) is 12.2 Å². The minimum absolute atomic E-state index is 0.131. The maximum absolute atomic E-state index is 10.4. The fourth-order valence-electron chi connectivity index (χ4n) is 1.20. The van der Waals surface area contributed by atoms with Crippen LogP contribution in [0.2, 0.25) is 0 Å². The Labute approximate surface area is 86.8 Å². The number of phenolic OH excluding ortho intramolecular Hbond substituents is 1. The summed E-state index contributed by atoms with van der Waals surface area (Å²) in [5.74, 6) is -1.20. The third-order valence-electron chi connectivity index (χ3n) is 2.07. The van der Waals surface area contributed by atoms with Gasteiger partial charge in [0, 0.05) is 6.04 Å². The Morgan fingerprint density at radius 3 is 2.33 bits per heavy atom. The van der Waals surface area contributed by atoms with Crippen LogP contribution in [0.4, 0.5) is 0 Å². The van der Waals surface area contributed by atoms with Gasteiger partial charge in [0.25, 0.3) is 0 Å². The van der Waals surface area contributed by atoms with E-state index in [0.717, 1.165) is 5.56 Å². The molecule has 0 unspecified atom stereocenters. The molecule has 1 aromatic carbocycles. The molecule has 5 heteroatoms. The van der Waals surface area contributed by atoms with Gasteiger partial charge in [-0.25, -0.2) is 4.79 Å². The molecule has 15 heavy (non-hydrogen) atoms. The van der Waals surface area contributed by atoms with Crippen LogP contribution in [-0.2, 0) is 11.2 Å². The number of benzene rings is 1. The Bertz CT molecular complexity index is 336. The number of hydrogen-bond acceptors (Lipinski definition) is 4. The zero-order valence-corrected chi connectivity index (χ0v) is 8.00. The molecule has 82 valence electrons. The molecule has 0 aliphatic heterocycles. The quantitative estimate of drug-likeness (QED) is 0.547. The van der Waals surface area contributed by atoms with E-state index in [0.29, 0.717) is 0 Å². The molecule has 0 spiro atoms. The van der Waals surface area contributed by atoms with E-state index in [1.54, 1.807) is 12.1 Å². The fraction of sp³-hybridized carbons (Fsp3) is 0.300. The molecule has 0 aliphatic carbocycles. The highest BCUT2D eigenvalue weighted by Crippen LogP contribution is 2.11. The van der Waals surface area contributed by atoms with Gasteiger partial charge in [0.2, 0.25) is 0 Å². The largest absolute Gasteiger partial charge is 0.508 e. The molecule has 0 saturated carbocycles. The van der Waals surface area contributed by atoms with Crippen LogP contribution in [0.15, 0.2) is 24.3 Å². The van der Waals surface area contributed by atoms with Crippen LogP contribution in [0.3, 0.4) is 0 Å². The van der Waals surface area contributed by atoms with E-state index in [9.17, 15) is 4.79 Å². The van der Waals surface area contributed by atoms with Crippen molar-refractivity contribution < 1.29 is 20.1 Å². The maximum atomic E-state index is 10.4. The Morgan fingerprint density at radius 2 is 1.87 bits per heavy atom. The van der Waals surface area contributed by atoms with E-state index in [4.69, 9.17) is 21.1 Å². The number of aliphatic hydroxyl groups excluding tert-OH is 1. The van der Waals surface area contributed by atoms with Crippen LogP contribution in [0.25, 0.3) is 0 Å². The molecule has 0 bridgehead atoms. The van der Waals surface area contributed by atoms with Gasteiger partial charge < -0.3 is 21.1 Å². The first-order chi connectivity index (χ1) is 7.00. The van der Waals surface area contributed by atoms with Crippen molar-refractivity contribution in [2.45, 2.75) is 18.6 Å². The van der Waals surface area contributed by atoms with Crippen LogP contribution in [0.5, 0.6) is 5.75 Å². The van der Waals surface area contributed by atoms with E-state index >= 15 is 0 Å². The van der Waals surface area contributed by atoms with Crippen LogP contribution in [0, 0.1) is 0 Å². The van der Waals surface area contributed by atoms with E-state index in [1.807, 2.05) is 0 Å². The van der Waals surface area contributed by atoms with Crippen molar-refractivity contribution in [2.24, 2.45) is 5.73 Å². The average molecular weight is 211 g/mol. The third kappa shape index (κ3) is 3.23. The average Bonchev–Trinajstić information content (AvgIpc) is 2.20. The summed E-state index contributed by atoms with van der Waals surface area (Å²) in [6.07, 6.45) is -1.33. The second-order valence-corrected chi connectivity index (χ2v) is 3.32. The van der Waals surface area contributed by atoms with Crippen molar-refractivity contribution in [3.63, 3.8) is 0 Å². The van der Waals surface area contributed by atoms with Crippen LogP contribution >= 0.6 is 0 Å². The van der Waals surface area contributed by atoms with Crippen molar-refractivity contribution in [1.29, 1.82) is 0 Å². The smallest absolute Gasteiger partial charge is 0.334 e. The Hall–Kier alpha value is -1.59. The van der Waals surface area contributed by atoms with Crippen molar-refractivity contribution in [3.05, 3.63) is 29.8 Å². The minimum atomic E-state index is -1.57. The molecule has 0 aliphatic rings. The molecule has 5 nitrogen and oxygen atoms in total. The monoisotopic (exact) mass is 211 g/mol. The van der Waals surface area contributed by atoms with Crippen LogP contribution in [0.1, 0.15) is 5.56 Å². The molecule has 5 N–H and O–H groups in total. The molecule has 0 radical (unpaired) electrons. The predicted octanol–water partition coefficient (Wildman–Crippen LogP) is -0.293. The van der Waals surface area contributed by atoms with Gasteiger partial charge in [-0.1, -0.05) is 12.1 Å². The number of aliphatic hydroxyl groups is 1. The van der Waals surface area contributed by atoms with Crippen molar-refractivity contribution in [1.82, 2.24) is 0 Å². The molecule has 0 aromatic heterocycles. The molecule has 0 amide bonds. The first kappa shape index (κ1) is 11.5. The zero-order valence-electron chi connectivity index (χ0n) is 8.00. The van der Waals surface area contributed by atoms with Crippen LogP contribution < -0.4 is 5.73 Å². The molecule has 1 rings (SSSR count). The molecule has 0 saturated heterocycles. The lowest BCUT2D eigenvalue weighted by Crippen LogP contribution is -2.41. The number of carbonyl (C=O) groups is 1. The second kappa shape index (κ2) is 4.77. The molecule has 0 heterocycles. The van der Waals surface area contributed by atoms with Gasteiger partial charge >= 0.3 is 5.97 Å². The Kier molecular flexibility index (Phi) is 3.65. The molecular weight excluding hydrogens is 198 g/mol. The van der Waals surface area contributed by atoms with Crippen molar-refractivity contribution in [3.8, 4) is 5.75 Å². The zero-order chi connectivity index (χ0) is 11.4. The summed E-state index contributed by atoms with van der Waals surface area (Å²) in [6, 6.07) is 5.37. The van der Waals surface area contributed by atoms with Gasteiger partial charge in [0.15, 0.2) is 6.10 Å². The number of hydrogen-bond donors (Lipinski definition) is 4. The summed E-state index contributed by atoms with van der Waals surface area (Å²) >= 11 is 0. The van der Waals surface area contributed by atoms with E-state index in [1.165, 1.54) is 12.1 Å². The standard InChI is InChI=1S/C10H13NO4/c11-8(9(13)10(14)15)5-6-1-3-7(12)4-2-6/h1-4,8-9,12-13H,5,11H2,(H,14,15)/t8-,9+/m1/s1. The number of aromatic hydroxyl groups is 1. The minimum Gasteiger partial charge on any atom is -0.508 e. The Morgan fingerprint density at radius 1 is 1.33 bits per heavy atom. The fourth-order valence-corrected chi connectivity index (χ4v) is 1.20. The number of aliphatic carboxylic acids is 1. The van der Waals surface area contributed by atoms with Gasteiger partial charge in [0.1, 0.15) is 5.75 Å². The van der Waals surface area contributed by atoms with Crippen LogP contribution in [-0.4, -0.2) is 33.4 Å². The van der Waals surface area contributed by atoms with Crippen molar-refractivity contribution in [2.75, 3.05) is 0 Å². The SMILES string of the molecule is N[C@H](Cc1ccc(O)cc1)[C@H](O)C(=O)O. The molecular formula is C10H13NO4. The summed E-state index contributed by atoms with van der Waals surface area (Å²) in [5.41, 5.74) is 6.26. The first-order valence-corrected chi connectivity index (χ1v) is 4.45. The second-order valence-electron chi connectivity index (χ2n) is 3.32. The topological polar surface area (TPSA) is 104 Å². The van der Waals surface area contributed by atoms with Gasteiger partial charge in [-0.2, -0.15) is 0 Å². The van der Waals surface area contributed by atoms with Gasteiger partial charge in [0.05, 0.1) is 0 Å². The van der Waals surface area contributed by atoms with E-state index in [2.05, 4.69) is 0 Å². The lowest BCUT2D eigenvalue weighted by molar-refractivity contribution is -0.147. The number of phenols is 1. The van der Waals surface area contributed by atoms with Gasteiger partial charge in [-0.15, -0.1) is 0 Å². The van der Waals surface area contributed by atoms with Crippen molar-refractivity contribution >= 4 is 5.97 Å². The predicted molar refractivity (Wildman–Crippen MR) is 53.4 cm³/mol. The molecule has 1 aromatic rings. The summed E-state index contributed by atoms with van der Waals surface area (Å²) in [7, 11) is 0. The lowest BCUT2D eigenvalue weighted by Gasteiger charge is -2.14. The lowest BCUT2D eigenvalue weighted by atomic mass is 10.0. The van der Waals surface area contributed by atoms with Gasteiger partial charge in [-0.05, 0) is 24.1 Å². The number of nitrogens with two attached hydrogens (primary N) is 1. The summed E-state index contributed by atoms with van der Waals surface area (Å²) in [4.78, 5) is 10.4. The van der Waals surface area contributed by atoms with Gasteiger partial charge in [-0.3, -0.25) is 0 Å². The highest BCUT2D eigenvalue weighted by atomic mass is 16.4. The maximum Gasteiger partial charge on any atom is 0.334 e. The molecule has 0 fully saturated rings. The summed E-state index contributed by atoms with van der Waals surface area (Å²) in [6.45, 7) is 0. The first-order valence-electron chi connectivity index (χ1n) is 4.45. The summed E-state index contributed by atoms with van der Waals surface area (Å²) < 4.78 is 0. The van der Waals surface area contributed by atoms with E-state index < -0.39 is 18.1 Å². The Balaban J connectivity index is 2.62. The highest BCUT2D eigenvalue weighted by molar-refractivity contribution is 5.72. The highest BCUT2D eigenvalue weighted by Gasteiger charge is 2.21. The number of carboxylic acids is 1. The summed E-state index contributed by atoms with van der Waals surface area (Å²) in [5, 5.41) is 26.7. The number of rotatable bonds is 4. The third-order valence-corrected chi connectivity index (χ3v) is 2.07. The number of carboxylic acid groups (broad SMARTS) is 1. The normalized spacial score (nSPS) is 14.5. The molecule has 2 atom stereocenters.